The van der Waals surface area contributed by atoms with E-state index in [-0.39, 0.29) is 12.6 Å². The van der Waals surface area contributed by atoms with E-state index in [1.807, 2.05) is 0 Å². The van der Waals surface area contributed by atoms with Gasteiger partial charge in [0.1, 0.15) is 6.10 Å². The molecule has 1 aliphatic rings. The van der Waals surface area contributed by atoms with E-state index in [4.69, 9.17) is 15.6 Å². The van der Waals surface area contributed by atoms with Crippen LogP contribution in [0.15, 0.2) is 0 Å². The van der Waals surface area contributed by atoms with Crippen LogP contribution in [0.3, 0.4) is 0 Å². The van der Waals surface area contributed by atoms with Crippen LogP contribution in [0.2, 0.25) is 0 Å². The van der Waals surface area contributed by atoms with Crippen LogP contribution in [0.1, 0.15) is 39.5 Å². The number of hydrogen-bond acceptors (Lipinski definition) is 4. The molecule has 0 amide bonds. The molecule has 0 aliphatic heterocycles. The van der Waals surface area contributed by atoms with Crippen LogP contribution in [0, 0.1) is 5.41 Å². The summed E-state index contributed by atoms with van der Waals surface area (Å²) >= 11 is 0. The van der Waals surface area contributed by atoms with E-state index in [0.717, 1.165) is 25.7 Å². The van der Waals surface area contributed by atoms with Gasteiger partial charge >= 0.3 is 5.97 Å². The van der Waals surface area contributed by atoms with Gasteiger partial charge in [0, 0.05) is 6.54 Å². The molecule has 4 nitrogen and oxygen atoms in total. The molecule has 4 heteroatoms. The zero-order chi connectivity index (χ0) is 11.5. The van der Waals surface area contributed by atoms with Crippen LogP contribution in [-0.2, 0) is 9.53 Å². The van der Waals surface area contributed by atoms with Gasteiger partial charge < -0.3 is 15.6 Å². The predicted molar refractivity (Wildman–Crippen MR) is 57.2 cm³/mol. The molecule has 88 valence electrons. The standard InChI is InChI=1S/C11H21NO3/c1-11(2)5-3-8(4-6-11)15-10(14)9(13)7-12/h8-9,13H,3-7,12H2,1-2H3/t9-/m0/s1. The molecule has 1 aliphatic carbocycles. The lowest BCUT2D eigenvalue weighted by molar-refractivity contribution is -0.161. The van der Waals surface area contributed by atoms with E-state index in [1.54, 1.807) is 0 Å². The van der Waals surface area contributed by atoms with E-state index in [0.29, 0.717) is 5.41 Å². The topological polar surface area (TPSA) is 72.5 Å². The van der Waals surface area contributed by atoms with Crippen molar-refractivity contribution in [1.29, 1.82) is 0 Å². The molecule has 0 aromatic heterocycles. The number of aliphatic hydroxyl groups excluding tert-OH is 1. The maximum absolute atomic E-state index is 11.3. The van der Waals surface area contributed by atoms with E-state index in [1.165, 1.54) is 0 Å². The monoisotopic (exact) mass is 215 g/mol. The molecule has 0 saturated heterocycles. The number of aliphatic hydroxyl groups is 1. The lowest BCUT2D eigenvalue weighted by Crippen LogP contribution is -2.35. The highest BCUT2D eigenvalue weighted by Gasteiger charge is 2.29. The highest BCUT2D eigenvalue weighted by molar-refractivity contribution is 5.74. The van der Waals surface area contributed by atoms with E-state index < -0.39 is 12.1 Å². The second kappa shape index (κ2) is 4.94. The highest BCUT2D eigenvalue weighted by Crippen LogP contribution is 2.36. The summed E-state index contributed by atoms with van der Waals surface area (Å²) in [6.07, 6.45) is 2.69. The average Bonchev–Trinajstić information content (AvgIpc) is 2.20. The second-order valence-corrected chi connectivity index (χ2v) is 5.05. The molecule has 0 unspecified atom stereocenters. The molecule has 0 aromatic carbocycles. The van der Waals surface area contributed by atoms with E-state index in [9.17, 15) is 4.79 Å². The molecule has 0 spiro atoms. The zero-order valence-electron chi connectivity index (χ0n) is 9.53. The summed E-state index contributed by atoms with van der Waals surface area (Å²) in [4.78, 5) is 11.3. The summed E-state index contributed by atoms with van der Waals surface area (Å²) < 4.78 is 5.17. The fourth-order valence-corrected chi connectivity index (χ4v) is 1.83. The third kappa shape index (κ3) is 3.80. The van der Waals surface area contributed by atoms with Crippen molar-refractivity contribution >= 4 is 5.97 Å². The molecule has 15 heavy (non-hydrogen) atoms. The largest absolute Gasteiger partial charge is 0.460 e. The van der Waals surface area contributed by atoms with Crippen molar-refractivity contribution in [2.45, 2.75) is 51.7 Å². The quantitative estimate of drug-likeness (QED) is 0.684. The summed E-state index contributed by atoms with van der Waals surface area (Å²) in [6, 6.07) is 0. The summed E-state index contributed by atoms with van der Waals surface area (Å²) in [6.45, 7) is 4.37. The molecule has 1 fully saturated rings. The Kier molecular flexibility index (Phi) is 4.11. The third-order valence-electron chi connectivity index (χ3n) is 3.06. The number of esters is 1. The van der Waals surface area contributed by atoms with Gasteiger partial charge in [0.2, 0.25) is 0 Å². The lowest BCUT2D eigenvalue weighted by Gasteiger charge is -2.34. The van der Waals surface area contributed by atoms with Gasteiger partial charge in [-0.05, 0) is 31.1 Å². The van der Waals surface area contributed by atoms with Gasteiger partial charge in [0.25, 0.3) is 0 Å². The minimum atomic E-state index is -1.17. The Morgan fingerprint density at radius 2 is 2.07 bits per heavy atom. The minimum Gasteiger partial charge on any atom is -0.460 e. The number of carbonyl (C=O) groups excluding carboxylic acids is 1. The molecule has 0 bridgehead atoms. The van der Waals surface area contributed by atoms with Crippen LogP contribution in [-0.4, -0.2) is 29.8 Å². The van der Waals surface area contributed by atoms with Crippen LogP contribution in [0.4, 0.5) is 0 Å². The smallest absolute Gasteiger partial charge is 0.336 e. The highest BCUT2D eigenvalue weighted by atomic mass is 16.6. The molecule has 1 saturated carbocycles. The fraction of sp³-hybridized carbons (Fsp3) is 0.909. The van der Waals surface area contributed by atoms with E-state index in [2.05, 4.69) is 13.8 Å². The zero-order valence-corrected chi connectivity index (χ0v) is 9.53. The molecular formula is C11H21NO3. The first-order chi connectivity index (χ1) is 6.94. The average molecular weight is 215 g/mol. The van der Waals surface area contributed by atoms with Crippen molar-refractivity contribution in [3.8, 4) is 0 Å². The molecule has 0 heterocycles. The van der Waals surface area contributed by atoms with Gasteiger partial charge in [-0.25, -0.2) is 4.79 Å². The Hall–Kier alpha value is -0.610. The molecule has 0 aromatic rings. The van der Waals surface area contributed by atoms with Crippen molar-refractivity contribution in [2.24, 2.45) is 11.1 Å². The van der Waals surface area contributed by atoms with Gasteiger partial charge in [0.15, 0.2) is 6.10 Å². The maximum Gasteiger partial charge on any atom is 0.336 e. The van der Waals surface area contributed by atoms with Crippen molar-refractivity contribution < 1.29 is 14.6 Å². The number of ether oxygens (including phenoxy) is 1. The first-order valence-corrected chi connectivity index (χ1v) is 5.53. The van der Waals surface area contributed by atoms with Gasteiger partial charge in [0.05, 0.1) is 0 Å². The normalized spacial score (nSPS) is 23.5. The number of rotatable bonds is 3. The summed E-state index contributed by atoms with van der Waals surface area (Å²) in [5.74, 6) is -0.581. The number of nitrogens with two attached hydrogens (primary N) is 1. The van der Waals surface area contributed by atoms with Crippen molar-refractivity contribution in [1.82, 2.24) is 0 Å². The Labute approximate surface area is 90.8 Å². The molecule has 0 radical (unpaired) electrons. The number of hydrogen-bond donors (Lipinski definition) is 2. The second-order valence-electron chi connectivity index (χ2n) is 5.05. The Bertz CT molecular complexity index is 218. The van der Waals surface area contributed by atoms with Gasteiger partial charge in [-0.3, -0.25) is 0 Å². The summed E-state index contributed by atoms with van der Waals surface area (Å²) in [5, 5.41) is 9.16. The third-order valence-corrected chi connectivity index (χ3v) is 3.06. The molecule has 3 N–H and O–H groups in total. The summed E-state index contributed by atoms with van der Waals surface area (Å²) in [5.41, 5.74) is 5.53. The van der Waals surface area contributed by atoms with Crippen LogP contribution >= 0.6 is 0 Å². The van der Waals surface area contributed by atoms with Crippen LogP contribution in [0.25, 0.3) is 0 Å². The Balaban J connectivity index is 2.33. The molecular weight excluding hydrogens is 194 g/mol. The SMILES string of the molecule is CC1(C)CCC(OC(=O)[C@@H](O)CN)CC1. The van der Waals surface area contributed by atoms with Crippen molar-refractivity contribution in [3.05, 3.63) is 0 Å². The molecule has 1 rings (SSSR count). The first-order valence-electron chi connectivity index (χ1n) is 5.53. The fourth-order valence-electron chi connectivity index (χ4n) is 1.83. The summed E-state index contributed by atoms with van der Waals surface area (Å²) in [7, 11) is 0. The Morgan fingerprint density at radius 3 is 2.53 bits per heavy atom. The van der Waals surface area contributed by atoms with Crippen LogP contribution in [0.5, 0.6) is 0 Å². The Morgan fingerprint density at radius 1 is 1.53 bits per heavy atom. The predicted octanol–water partition coefficient (Wildman–Crippen LogP) is 0.818. The van der Waals surface area contributed by atoms with Gasteiger partial charge in [-0.1, -0.05) is 13.8 Å². The van der Waals surface area contributed by atoms with Crippen molar-refractivity contribution in [2.75, 3.05) is 6.54 Å². The first kappa shape index (κ1) is 12.5. The maximum atomic E-state index is 11.3. The van der Waals surface area contributed by atoms with E-state index >= 15 is 0 Å². The number of carbonyl (C=O) groups is 1. The molecule has 1 atom stereocenters. The van der Waals surface area contributed by atoms with Crippen LogP contribution < -0.4 is 5.73 Å². The van der Waals surface area contributed by atoms with Crippen molar-refractivity contribution in [3.63, 3.8) is 0 Å². The van der Waals surface area contributed by atoms with Gasteiger partial charge in [-0.15, -0.1) is 0 Å². The van der Waals surface area contributed by atoms with Gasteiger partial charge in [-0.2, -0.15) is 0 Å². The lowest BCUT2D eigenvalue weighted by atomic mass is 9.76. The minimum absolute atomic E-state index is 0.0354.